The van der Waals surface area contributed by atoms with Crippen LogP contribution >= 0.6 is 0 Å². The zero-order chi connectivity index (χ0) is 9.19. The van der Waals surface area contributed by atoms with E-state index in [2.05, 4.69) is 17.5 Å². The highest BCUT2D eigenvalue weighted by Gasteiger charge is 2.27. The molecule has 2 heteroatoms. The summed E-state index contributed by atoms with van der Waals surface area (Å²) >= 11 is 0. The summed E-state index contributed by atoms with van der Waals surface area (Å²) in [6.45, 7) is 7.80. The summed E-state index contributed by atoms with van der Waals surface area (Å²) in [7, 11) is 0. The second kappa shape index (κ2) is 3.42. The Morgan fingerprint density at radius 3 is 2.75 bits per heavy atom. The lowest BCUT2D eigenvalue weighted by Gasteiger charge is -2.29. The van der Waals surface area contributed by atoms with E-state index in [-0.39, 0.29) is 5.60 Å². The quantitative estimate of drug-likeness (QED) is 0.507. The highest BCUT2D eigenvalue weighted by atomic mass is 17.1. The molecule has 1 aliphatic rings. The summed E-state index contributed by atoms with van der Waals surface area (Å²) in [5.41, 5.74) is 2.04. The van der Waals surface area contributed by atoms with Crippen LogP contribution in [0.4, 0.5) is 0 Å². The molecule has 0 aromatic heterocycles. The van der Waals surface area contributed by atoms with Crippen molar-refractivity contribution in [1.29, 1.82) is 0 Å². The van der Waals surface area contributed by atoms with Crippen LogP contribution in [0.25, 0.3) is 0 Å². The maximum atomic E-state index is 8.62. The van der Waals surface area contributed by atoms with Crippen LogP contribution in [0.3, 0.4) is 0 Å². The number of rotatable bonds is 2. The molecule has 0 fully saturated rings. The van der Waals surface area contributed by atoms with Crippen molar-refractivity contribution in [2.24, 2.45) is 0 Å². The molecule has 12 heavy (non-hydrogen) atoms. The summed E-state index contributed by atoms with van der Waals surface area (Å²) in [6.07, 6.45) is 4.68. The predicted octanol–water partition coefficient (Wildman–Crippen LogP) is 2.92. The first-order valence-electron chi connectivity index (χ1n) is 4.25. The first kappa shape index (κ1) is 9.49. The molecule has 1 aliphatic carbocycles. The predicted molar refractivity (Wildman–Crippen MR) is 48.9 cm³/mol. The Kier molecular flexibility index (Phi) is 2.70. The Labute approximate surface area is 73.5 Å². The molecule has 2 nitrogen and oxygen atoms in total. The van der Waals surface area contributed by atoms with Crippen molar-refractivity contribution in [3.05, 3.63) is 23.8 Å². The summed E-state index contributed by atoms with van der Waals surface area (Å²) < 4.78 is 0. The van der Waals surface area contributed by atoms with Crippen LogP contribution in [0.2, 0.25) is 0 Å². The minimum absolute atomic E-state index is 0.376. The van der Waals surface area contributed by atoms with Crippen LogP contribution < -0.4 is 0 Å². The van der Waals surface area contributed by atoms with Crippen molar-refractivity contribution in [1.82, 2.24) is 0 Å². The molecule has 0 saturated heterocycles. The van der Waals surface area contributed by atoms with Crippen LogP contribution in [-0.2, 0) is 4.89 Å². The van der Waals surface area contributed by atoms with Gasteiger partial charge in [0.1, 0.15) is 5.60 Å². The van der Waals surface area contributed by atoms with Gasteiger partial charge in [-0.3, -0.25) is 5.26 Å². The Bertz CT molecular complexity index is 218. The summed E-state index contributed by atoms with van der Waals surface area (Å²) in [5.74, 6) is 0. The van der Waals surface area contributed by atoms with Crippen LogP contribution in [0.1, 0.15) is 33.1 Å². The average Bonchev–Trinajstić information content (AvgIpc) is 2.05. The lowest BCUT2D eigenvalue weighted by molar-refractivity contribution is -0.319. The van der Waals surface area contributed by atoms with E-state index in [4.69, 9.17) is 5.26 Å². The minimum atomic E-state index is -0.376. The summed E-state index contributed by atoms with van der Waals surface area (Å²) in [6, 6.07) is 0. The van der Waals surface area contributed by atoms with Gasteiger partial charge in [0.15, 0.2) is 0 Å². The monoisotopic (exact) mass is 168 g/mol. The van der Waals surface area contributed by atoms with Crippen LogP contribution in [0, 0.1) is 0 Å². The van der Waals surface area contributed by atoms with E-state index in [1.165, 1.54) is 5.57 Å². The molecule has 1 N–H and O–H groups in total. The molecule has 0 amide bonds. The van der Waals surface area contributed by atoms with Crippen LogP contribution in [0.15, 0.2) is 23.8 Å². The fourth-order valence-electron chi connectivity index (χ4n) is 1.41. The van der Waals surface area contributed by atoms with Gasteiger partial charge in [0, 0.05) is 0 Å². The maximum Gasteiger partial charge on any atom is 0.104 e. The van der Waals surface area contributed by atoms with Crippen molar-refractivity contribution >= 4 is 0 Å². The SMILES string of the molecule is C=C(C)C1=CCC(C)(OO)CC1. The van der Waals surface area contributed by atoms with Crippen molar-refractivity contribution < 1.29 is 10.1 Å². The Morgan fingerprint density at radius 2 is 2.42 bits per heavy atom. The fraction of sp³-hybridized carbons (Fsp3) is 0.600. The molecule has 68 valence electrons. The van der Waals surface area contributed by atoms with E-state index in [9.17, 15) is 0 Å². The van der Waals surface area contributed by atoms with E-state index in [0.717, 1.165) is 24.8 Å². The second-order valence-corrected chi connectivity index (χ2v) is 3.76. The second-order valence-electron chi connectivity index (χ2n) is 3.76. The smallest absolute Gasteiger partial charge is 0.104 e. The molecular weight excluding hydrogens is 152 g/mol. The topological polar surface area (TPSA) is 29.5 Å². The van der Waals surface area contributed by atoms with Crippen molar-refractivity contribution in [2.75, 3.05) is 0 Å². The van der Waals surface area contributed by atoms with E-state index >= 15 is 0 Å². The number of allylic oxidation sites excluding steroid dienone is 2. The van der Waals surface area contributed by atoms with E-state index in [0.29, 0.717) is 0 Å². The van der Waals surface area contributed by atoms with Crippen LogP contribution in [-0.4, -0.2) is 10.9 Å². The summed E-state index contributed by atoms with van der Waals surface area (Å²) in [5, 5.41) is 8.62. The van der Waals surface area contributed by atoms with Crippen LogP contribution in [0.5, 0.6) is 0 Å². The molecule has 0 saturated carbocycles. The zero-order valence-corrected chi connectivity index (χ0v) is 7.76. The standard InChI is InChI=1S/C10H16O2/c1-8(2)9-4-6-10(3,12-11)7-5-9/h4,11H,1,5-7H2,2-3H3. The molecule has 1 unspecified atom stereocenters. The Balaban J connectivity index is 2.64. The molecule has 0 heterocycles. The largest absolute Gasteiger partial charge is 0.251 e. The van der Waals surface area contributed by atoms with Gasteiger partial charge >= 0.3 is 0 Å². The van der Waals surface area contributed by atoms with Gasteiger partial charge < -0.3 is 0 Å². The molecule has 0 bridgehead atoms. The van der Waals surface area contributed by atoms with Crippen molar-refractivity contribution in [3.63, 3.8) is 0 Å². The normalized spacial score (nSPS) is 29.8. The van der Waals surface area contributed by atoms with E-state index < -0.39 is 0 Å². The third kappa shape index (κ3) is 1.96. The van der Waals surface area contributed by atoms with Gasteiger partial charge in [-0.1, -0.05) is 18.2 Å². The third-order valence-electron chi connectivity index (χ3n) is 2.47. The molecule has 1 rings (SSSR count). The van der Waals surface area contributed by atoms with Crippen molar-refractivity contribution in [3.8, 4) is 0 Å². The van der Waals surface area contributed by atoms with Gasteiger partial charge in [-0.2, -0.15) is 0 Å². The summed E-state index contributed by atoms with van der Waals surface area (Å²) in [4.78, 5) is 4.43. The molecule has 0 aromatic rings. The third-order valence-corrected chi connectivity index (χ3v) is 2.47. The first-order valence-corrected chi connectivity index (χ1v) is 4.25. The molecule has 0 aromatic carbocycles. The lowest BCUT2D eigenvalue weighted by atomic mass is 9.85. The van der Waals surface area contributed by atoms with Gasteiger partial charge in [0.2, 0.25) is 0 Å². The highest BCUT2D eigenvalue weighted by molar-refractivity contribution is 5.28. The molecule has 0 spiro atoms. The molecule has 0 aliphatic heterocycles. The number of hydrogen-bond donors (Lipinski definition) is 1. The Morgan fingerprint density at radius 1 is 1.75 bits per heavy atom. The van der Waals surface area contributed by atoms with E-state index in [1.807, 2.05) is 13.8 Å². The zero-order valence-electron chi connectivity index (χ0n) is 7.76. The van der Waals surface area contributed by atoms with Crippen molar-refractivity contribution in [2.45, 2.75) is 38.7 Å². The van der Waals surface area contributed by atoms with Gasteiger partial charge in [-0.05, 0) is 38.7 Å². The van der Waals surface area contributed by atoms with Gasteiger partial charge in [-0.15, -0.1) is 0 Å². The Hall–Kier alpha value is -0.600. The maximum absolute atomic E-state index is 8.62. The fourth-order valence-corrected chi connectivity index (χ4v) is 1.41. The molecular formula is C10H16O2. The van der Waals surface area contributed by atoms with E-state index in [1.54, 1.807) is 0 Å². The average molecular weight is 168 g/mol. The molecule has 1 atom stereocenters. The van der Waals surface area contributed by atoms with Gasteiger partial charge in [-0.25, -0.2) is 4.89 Å². The van der Waals surface area contributed by atoms with Gasteiger partial charge in [0.25, 0.3) is 0 Å². The lowest BCUT2D eigenvalue weighted by Crippen LogP contribution is -2.29. The first-order chi connectivity index (χ1) is 5.57. The molecule has 0 radical (unpaired) electrons. The minimum Gasteiger partial charge on any atom is -0.251 e. The van der Waals surface area contributed by atoms with Gasteiger partial charge in [0.05, 0.1) is 0 Å². The number of hydrogen-bond acceptors (Lipinski definition) is 2. The highest BCUT2D eigenvalue weighted by Crippen LogP contribution is 2.31.